The summed E-state index contributed by atoms with van der Waals surface area (Å²) >= 11 is 0. The molecule has 26 heavy (non-hydrogen) atoms. The van der Waals surface area contributed by atoms with Crippen LogP contribution >= 0.6 is 0 Å². The smallest absolute Gasteiger partial charge is 0.169 e. The minimum absolute atomic E-state index is 0.303. The molecule has 0 bridgehead atoms. The Kier molecular flexibility index (Phi) is 14.9. The van der Waals surface area contributed by atoms with Gasteiger partial charge in [-0.1, -0.05) is 96.8 Å². The molecule has 2 N–H and O–H groups in total. The van der Waals surface area contributed by atoms with Crippen molar-refractivity contribution in [2.24, 2.45) is 4.99 Å². The van der Waals surface area contributed by atoms with E-state index in [1.165, 1.54) is 96.3 Å². The number of hydrogen-bond acceptors (Lipinski definition) is 4. The average molecular weight is 369 g/mol. The third kappa shape index (κ3) is 12.7. The first-order valence-electron chi connectivity index (χ1n) is 11.4. The summed E-state index contributed by atoms with van der Waals surface area (Å²) in [6, 6.07) is 0. The Balaban J connectivity index is 1.80. The van der Waals surface area contributed by atoms with Gasteiger partial charge in [-0.15, -0.1) is 0 Å². The molecule has 0 aromatic heterocycles. The Labute approximate surface area is 162 Å². The summed E-state index contributed by atoms with van der Waals surface area (Å²) in [4.78, 5) is 6.52. The van der Waals surface area contributed by atoms with Crippen molar-refractivity contribution in [2.75, 3.05) is 19.6 Å². The van der Waals surface area contributed by atoms with Crippen molar-refractivity contribution >= 4 is 5.84 Å². The highest BCUT2D eigenvalue weighted by atomic mass is 16.5. The molecule has 0 atom stereocenters. The van der Waals surface area contributed by atoms with E-state index >= 15 is 0 Å². The Morgan fingerprint density at radius 2 is 1.23 bits per heavy atom. The number of hydrogen-bond donors (Lipinski definition) is 2. The van der Waals surface area contributed by atoms with Crippen molar-refractivity contribution in [2.45, 2.75) is 116 Å². The van der Waals surface area contributed by atoms with Crippen molar-refractivity contribution in [3.63, 3.8) is 0 Å². The van der Waals surface area contributed by atoms with Crippen LogP contribution in [0.3, 0.4) is 0 Å². The van der Waals surface area contributed by atoms with Crippen LogP contribution in [0.2, 0.25) is 0 Å². The van der Waals surface area contributed by atoms with Gasteiger partial charge in [-0.05, 0) is 6.42 Å². The normalized spacial score (nSPS) is 14.5. The van der Waals surface area contributed by atoms with E-state index < -0.39 is 6.29 Å². The van der Waals surface area contributed by atoms with Gasteiger partial charge < -0.3 is 15.1 Å². The summed E-state index contributed by atoms with van der Waals surface area (Å²) in [5, 5.41) is 18.2. The molecule has 0 fully saturated rings. The summed E-state index contributed by atoms with van der Waals surface area (Å²) < 4.78 is 0. The lowest BCUT2D eigenvalue weighted by Gasteiger charge is -2.21. The van der Waals surface area contributed by atoms with E-state index in [-0.39, 0.29) is 0 Å². The molecular weight excluding hydrogens is 324 g/mol. The van der Waals surface area contributed by atoms with E-state index in [4.69, 9.17) is 10.2 Å². The molecule has 0 aromatic carbocycles. The van der Waals surface area contributed by atoms with Gasteiger partial charge in [0.1, 0.15) is 0 Å². The number of aliphatic hydroxyl groups is 2. The van der Waals surface area contributed by atoms with Gasteiger partial charge in [-0.2, -0.15) is 0 Å². The van der Waals surface area contributed by atoms with E-state index in [2.05, 4.69) is 11.9 Å². The summed E-state index contributed by atoms with van der Waals surface area (Å²) in [5.74, 6) is 1.08. The number of aliphatic hydroxyl groups excluding tert-OH is 1. The quantitative estimate of drug-likeness (QED) is 0.256. The molecule has 0 amide bonds. The van der Waals surface area contributed by atoms with Gasteiger partial charge in [0.25, 0.3) is 0 Å². The molecule has 0 unspecified atom stereocenters. The first-order valence-corrected chi connectivity index (χ1v) is 11.4. The number of aliphatic imine (C=N–C) groups is 1. The monoisotopic (exact) mass is 368 g/mol. The van der Waals surface area contributed by atoms with Crippen molar-refractivity contribution in [1.82, 2.24) is 4.90 Å². The van der Waals surface area contributed by atoms with E-state index in [1.54, 1.807) is 0 Å². The Morgan fingerprint density at radius 3 is 1.69 bits per heavy atom. The standard InChI is InChI=1S/C22H44N2O2/c1-2-3-4-5-6-7-8-9-10-11-12-13-14-15-16-17-21-23-18-19-24(21)20-22(25)26/h22,25-26H,2-20H2,1H3. The minimum atomic E-state index is -1.25. The summed E-state index contributed by atoms with van der Waals surface area (Å²) in [7, 11) is 0. The highest BCUT2D eigenvalue weighted by Gasteiger charge is 2.18. The van der Waals surface area contributed by atoms with Crippen LogP contribution in [-0.4, -0.2) is 46.9 Å². The molecule has 4 heteroatoms. The first kappa shape index (κ1) is 23.4. The van der Waals surface area contributed by atoms with Crippen LogP contribution in [0.1, 0.15) is 110 Å². The van der Waals surface area contributed by atoms with E-state index in [0.717, 1.165) is 25.3 Å². The molecule has 0 aromatic rings. The van der Waals surface area contributed by atoms with Crippen LogP contribution in [0.25, 0.3) is 0 Å². The zero-order valence-electron chi connectivity index (χ0n) is 17.3. The lowest BCUT2D eigenvalue weighted by Crippen LogP contribution is -2.35. The maximum absolute atomic E-state index is 9.09. The van der Waals surface area contributed by atoms with Gasteiger partial charge in [-0.3, -0.25) is 4.99 Å². The molecule has 1 heterocycles. The number of β-amino-alcohol motifs (C(OH)–C–C–N with tert-alkyl or cyclic N) is 2. The van der Waals surface area contributed by atoms with Crippen LogP contribution in [-0.2, 0) is 0 Å². The lowest BCUT2D eigenvalue weighted by atomic mass is 10.0. The molecule has 0 radical (unpaired) electrons. The van der Waals surface area contributed by atoms with Gasteiger partial charge in [0.2, 0.25) is 0 Å². The molecule has 0 aliphatic carbocycles. The van der Waals surface area contributed by atoms with Gasteiger partial charge in [0.15, 0.2) is 6.29 Å². The van der Waals surface area contributed by atoms with E-state index in [1.807, 2.05) is 4.90 Å². The molecule has 1 aliphatic heterocycles. The topological polar surface area (TPSA) is 56.1 Å². The third-order valence-corrected chi connectivity index (χ3v) is 5.42. The van der Waals surface area contributed by atoms with Crippen LogP contribution < -0.4 is 0 Å². The van der Waals surface area contributed by atoms with E-state index in [0.29, 0.717) is 6.54 Å². The highest BCUT2D eigenvalue weighted by molar-refractivity contribution is 5.83. The molecule has 0 saturated carbocycles. The maximum Gasteiger partial charge on any atom is 0.169 e. The van der Waals surface area contributed by atoms with E-state index in [9.17, 15) is 0 Å². The molecule has 154 valence electrons. The fourth-order valence-corrected chi connectivity index (χ4v) is 3.81. The Morgan fingerprint density at radius 1 is 0.769 bits per heavy atom. The molecule has 0 saturated heterocycles. The van der Waals surface area contributed by atoms with Crippen molar-refractivity contribution in [1.29, 1.82) is 0 Å². The van der Waals surface area contributed by atoms with Crippen LogP contribution in [0.5, 0.6) is 0 Å². The fraction of sp³-hybridized carbons (Fsp3) is 0.955. The maximum atomic E-state index is 9.09. The van der Waals surface area contributed by atoms with Gasteiger partial charge >= 0.3 is 0 Å². The number of amidine groups is 1. The van der Waals surface area contributed by atoms with Crippen LogP contribution in [0.4, 0.5) is 0 Å². The Bertz CT molecular complexity index is 345. The minimum Gasteiger partial charge on any atom is -0.367 e. The second kappa shape index (κ2) is 16.6. The molecule has 1 rings (SSSR count). The van der Waals surface area contributed by atoms with Crippen molar-refractivity contribution < 1.29 is 10.2 Å². The fourth-order valence-electron chi connectivity index (χ4n) is 3.81. The lowest BCUT2D eigenvalue weighted by molar-refractivity contribution is -0.0502. The molecule has 4 nitrogen and oxygen atoms in total. The molecular formula is C22H44N2O2. The van der Waals surface area contributed by atoms with Gasteiger partial charge in [0.05, 0.1) is 18.9 Å². The Hall–Kier alpha value is -0.610. The summed E-state index contributed by atoms with van der Waals surface area (Å²) in [5.41, 5.74) is 0. The number of nitrogens with zero attached hydrogens (tertiary/aromatic N) is 2. The van der Waals surface area contributed by atoms with Gasteiger partial charge in [0, 0.05) is 13.0 Å². The predicted octanol–water partition coefficient (Wildman–Crippen LogP) is 5.27. The second-order valence-corrected chi connectivity index (χ2v) is 7.92. The van der Waals surface area contributed by atoms with Crippen molar-refractivity contribution in [3.05, 3.63) is 0 Å². The second-order valence-electron chi connectivity index (χ2n) is 7.92. The number of unbranched alkanes of at least 4 members (excludes halogenated alkanes) is 14. The molecule has 1 aliphatic rings. The van der Waals surface area contributed by atoms with Crippen LogP contribution in [0, 0.1) is 0 Å². The molecule has 0 spiro atoms. The van der Waals surface area contributed by atoms with Crippen molar-refractivity contribution in [3.8, 4) is 0 Å². The largest absolute Gasteiger partial charge is 0.367 e. The van der Waals surface area contributed by atoms with Crippen LogP contribution in [0.15, 0.2) is 4.99 Å². The number of rotatable bonds is 18. The predicted molar refractivity (Wildman–Crippen MR) is 112 cm³/mol. The highest BCUT2D eigenvalue weighted by Crippen LogP contribution is 2.15. The third-order valence-electron chi connectivity index (χ3n) is 5.42. The first-order chi connectivity index (χ1) is 12.7. The summed E-state index contributed by atoms with van der Waals surface area (Å²) in [6.45, 7) is 4.23. The zero-order valence-corrected chi connectivity index (χ0v) is 17.3. The van der Waals surface area contributed by atoms with Gasteiger partial charge in [-0.25, -0.2) is 0 Å². The summed E-state index contributed by atoms with van der Waals surface area (Å²) in [6.07, 6.45) is 20.5. The average Bonchev–Trinajstić information content (AvgIpc) is 3.04. The zero-order chi connectivity index (χ0) is 18.9. The SMILES string of the molecule is CCCCCCCCCCCCCCCCCC1=NCCN1CC(O)O.